The van der Waals surface area contributed by atoms with Gasteiger partial charge in [-0.05, 0) is 58.9 Å². The minimum atomic E-state index is -0.539. The summed E-state index contributed by atoms with van der Waals surface area (Å²) >= 11 is 3.34. The molecule has 0 bridgehead atoms. The minimum absolute atomic E-state index is 0.461. The number of nitrogens with one attached hydrogen (secondary N) is 1. The quantitative estimate of drug-likeness (QED) is 0.516. The zero-order valence-corrected chi connectivity index (χ0v) is 19.3. The van der Waals surface area contributed by atoms with E-state index in [9.17, 15) is 4.79 Å². The van der Waals surface area contributed by atoms with E-state index in [1.807, 2.05) is 65.0 Å². The second-order valence-electron chi connectivity index (χ2n) is 8.67. The Morgan fingerprint density at radius 2 is 1.90 bits per heavy atom. The van der Waals surface area contributed by atoms with Crippen LogP contribution < -0.4 is 10.8 Å². The summed E-state index contributed by atoms with van der Waals surface area (Å²) < 4.78 is 17.4. The topological polar surface area (TPSA) is 56.8 Å². The van der Waals surface area contributed by atoms with E-state index in [0.29, 0.717) is 11.4 Å². The smallest absolute Gasteiger partial charge is 0.534 e. The number of ether oxygens (including phenoxy) is 1. The lowest BCUT2D eigenvalue weighted by Gasteiger charge is -2.23. The summed E-state index contributed by atoms with van der Waals surface area (Å²) in [5.74, 6) is 0.636. The van der Waals surface area contributed by atoms with Crippen LogP contribution in [0.1, 0.15) is 34.6 Å². The van der Waals surface area contributed by atoms with Crippen LogP contribution in [-0.2, 0) is 14.0 Å². The molecule has 30 heavy (non-hydrogen) atoms. The lowest BCUT2D eigenvalue weighted by molar-refractivity contribution is 0.0636. The zero-order valence-electron chi connectivity index (χ0n) is 17.7. The maximum Gasteiger partial charge on any atom is 0.564 e. The fourth-order valence-corrected chi connectivity index (χ4v) is 5.48. The number of hydrogen-bond acceptors (Lipinski definition) is 6. The van der Waals surface area contributed by atoms with Crippen LogP contribution in [0, 0.1) is 0 Å². The monoisotopic (exact) mass is 441 g/mol. The first kappa shape index (κ1) is 21.2. The third-order valence-corrected chi connectivity index (χ3v) is 7.22. The van der Waals surface area contributed by atoms with E-state index in [1.165, 1.54) is 0 Å². The van der Waals surface area contributed by atoms with Gasteiger partial charge in [0.05, 0.1) is 5.76 Å². The molecule has 1 amide bonds. The van der Waals surface area contributed by atoms with E-state index in [-0.39, 0.29) is 0 Å². The van der Waals surface area contributed by atoms with Gasteiger partial charge in [-0.3, -0.25) is 5.32 Å². The fourth-order valence-electron chi connectivity index (χ4n) is 3.06. The first-order chi connectivity index (χ1) is 14.0. The number of amides is 1. The van der Waals surface area contributed by atoms with E-state index in [0.717, 1.165) is 25.0 Å². The fraction of sp³-hybridized carbons (Fsp3) is 0.318. The molecule has 2 aromatic carbocycles. The summed E-state index contributed by atoms with van der Waals surface area (Å²) in [5.41, 5.74) is 0.650. The summed E-state index contributed by atoms with van der Waals surface area (Å²) in [6.07, 6.45) is -0.461. The number of hydrogen-bond donors (Lipinski definition) is 1. The Labute approximate surface area is 186 Å². The van der Waals surface area contributed by atoms with Crippen molar-refractivity contribution in [1.82, 2.24) is 0 Å². The standard InChI is InChI=1S/C22H24BNO4S2/c1-13-22(5,6)28-23(27-13)15-8-7-9-17-19(15)30-16-11-10-14(12-18(16)29-17)24-20(25)26-21(2,3)4/h7-12H,1H2,2-6H3,(H,24,25). The molecule has 8 heteroatoms. The highest BCUT2D eigenvalue weighted by molar-refractivity contribution is 8.05. The van der Waals surface area contributed by atoms with Crippen molar-refractivity contribution >= 4 is 47.9 Å². The Morgan fingerprint density at radius 3 is 2.57 bits per heavy atom. The molecule has 2 aromatic rings. The second kappa shape index (κ2) is 7.59. The Bertz CT molecular complexity index is 1030. The number of rotatable bonds is 2. The maximum absolute atomic E-state index is 12.1. The molecular formula is C22H24BNO4S2. The number of anilines is 1. The van der Waals surface area contributed by atoms with Crippen molar-refractivity contribution in [1.29, 1.82) is 0 Å². The lowest BCUT2D eigenvalue weighted by Crippen LogP contribution is -2.36. The van der Waals surface area contributed by atoms with Crippen molar-refractivity contribution < 1.29 is 18.8 Å². The van der Waals surface area contributed by atoms with Gasteiger partial charge in [-0.25, -0.2) is 4.79 Å². The molecule has 0 spiro atoms. The van der Waals surface area contributed by atoms with Gasteiger partial charge >= 0.3 is 13.2 Å². The lowest BCUT2D eigenvalue weighted by atomic mass is 9.79. The van der Waals surface area contributed by atoms with Crippen molar-refractivity contribution in [2.75, 3.05) is 5.32 Å². The maximum atomic E-state index is 12.1. The normalized spacial score (nSPS) is 17.1. The molecule has 2 aliphatic rings. The van der Waals surface area contributed by atoms with Crippen LogP contribution in [0.5, 0.6) is 0 Å². The van der Waals surface area contributed by atoms with Crippen molar-refractivity contribution in [3.63, 3.8) is 0 Å². The molecule has 5 nitrogen and oxygen atoms in total. The van der Waals surface area contributed by atoms with Gasteiger partial charge in [0, 0.05) is 30.7 Å². The van der Waals surface area contributed by atoms with Gasteiger partial charge < -0.3 is 14.0 Å². The van der Waals surface area contributed by atoms with Gasteiger partial charge in [-0.15, -0.1) is 0 Å². The van der Waals surface area contributed by atoms with Gasteiger partial charge in [-0.2, -0.15) is 0 Å². The van der Waals surface area contributed by atoms with Crippen molar-refractivity contribution in [2.24, 2.45) is 0 Å². The number of carbonyl (C=O) groups is 1. The van der Waals surface area contributed by atoms with Crippen LogP contribution in [0.15, 0.2) is 68.3 Å². The molecule has 0 atom stereocenters. The van der Waals surface area contributed by atoms with Crippen LogP contribution in [0.25, 0.3) is 0 Å². The Hall–Kier alpha value is -2.03. The third kappa shape index (κ3) is 4.36. The van der Waals surface area contributed by atoms with Gasteiger partial charge in [-0.1, -0.05) is 42.2 Å². The van der Waals surface area contributed by atoms with Gasteiger partial charge in [0.15, 0.2) is 0 Å². The molecule has 1 fully saturated rings. The first-order valence-corrected chi connectivity index (χ1v) is 11.3. The van der Waals surface area contributed by atoms with E-state index in [4.69, 9.17) is 14.0 Å². The molecule has 0 radical (unpaired) electrons. The van der Waals surface area contributed by atoms with E-state index in [1.54, 1.807) is 23.5 Å². The van der Waals surface area contributed by atoms with Gasteiger partial charge in [0.1, 0.15) is 11.2 Å². The molecule has 0 saturated carbocycles. The highest BCUT2D eigenvalue weighted by Crippen LogP contribution is 2.49. The van der Waals surface area contributed by atoms with Gasteiger partial charge in [0.25, 0.3) is 0 Å². The summed E-state index contributed by atoms with van der Waals surface area (Å²) in [7, 11) is -0.467. The predicted octanol–water partition coefficient (Wildman–Crippen LogP) is 5.68. The average molecular weight is 441 g/mol. The molecule has 2 aliphatic heterocycles. The Kier molecular flexibility index (Phi) is 5.37. The molecule has 4 rings (SSSR count). The molecule has 156 valence electrons. The van der Waals surface area contributed by atoms with E-state index < -0.39 is 24.4 Å². The molecule has 0 aliphatic carbocycles. The van der Waals surface area contributed by atoms with Crippen LogP contribution in [0.4, 0.5) is 10.5 Å². The van der Waals surface area contributed by atoms with Crippen LogP contribution in [0.2, 0.25) is 0 Å². The Morgan fingerprint density at radius 1 is 1.13 bits per heavy atom. The largest absolute Gasteiger partial charge is 0.564 e. The van der Waals surface area contributed by atoms with Gasteiger partial charge in [0.2, 0.25) is 0 Å². The molecule has 1 saturated heterocycles. The minimum Gasteiger partial charge on any atom is -0.534 e. The molecule has 1 N–H and O–H groups in total. The Balaban J connectivity index is 1.56. The van der Waals surface area contributed by atoms with E-state index in [2.05, 4.69) is 18.0 Å². The summed E-state index contributed by atoms with van der Waals surface area (Å²) in [6.45, 7) is 13.4. The summed E-state index contributed by atoms with van der Waals surface area (Å²) in [4.78, 5) is 16.5. The third-order valence-electron chi connectivity index (χ3n) is 4.61. The number of carbonyl (C=O) groups excluding carboxylic acids is 1. The van der Waals surface area contributed by atoms with Crippen molar-refractivity contribution in [3.05, 3.63) is 48.7 Å². The number of benzene rings is 2. The SMILES string of the molecule is C=C1OB(c2cccc3c2Sc2ccc(NC(=O)OC(C)(C)C)cc2S3)OC1(C)C. The zero-order chi connectivity index (χ0) is 21.7. The van der Waals surface area contributed by atoms with E-state index >= 15 is 0 Å². The molecule has 2 heterocycles. The molecule has 0 unspecified atom stereocenters. The highest BCUT2D eigenvalue weighted by Gasteiger charge is 2.44. The van der Waals surface area contributed by atoms with Crippen molar-refractivity contribution in [2.45, 2.75) is 65.4 Å². The summed E-state index contributed by atoms with van der Waals surface area (Å²) in [6, 6.07) is 12.0. The van der Waals surface area contributed by atoms with Crippen LogP contribution in [-0.4, -0.2) is 24.4 Å². The molecule has 0 aromatic heterocycles. The summed E-state index contributed by atoms with van der Waals surface area (Å²) in [5, 5.41) is 2.81. The average Bonchev–Trinajstić information content (AvgIpc) is 2.90. The van der Waals surface area contributed by atoms with Crippen molar-refractivity contribution in [3.8, 4) is 0 Å². The first-order valence-electron chi connectivity index (χ1n) is 9.68. The van der Waals surface area contributed by atoms with Crippen LogP contribution in [0.3, 0.4) is 0 Å². The molecular weight excluding hydrogens is 417 g/mol. The highest BCUT2D eigenvalue weighted by atomic mass is 32.2. The predicted molar refractivity (Wildman–Crippen MR) is 122 cm³/mol. The van der Waals surface area contributed by atoms with Crippen LogP contribution >= 0.6 is 23.5 Å². The second-order valence-corrected chi connectivity index (χ2v) is 10.8. The number of fused-ring (bicyclic) bond motifs is 2.